The van der Waals surface area contributed by atoms with Gasteiger partial charge < -0.3 is 14.6 Å². The Balaban J connectivity index is 2.05. The summed E-state index contributed by atoms with van der Waals surface area (Å²) >= 11 is 3.31. The van der Waals surface area contributed by atoms with E-state index < -0.39 is 0 Å². The summed E-state index contributed by atoms with van der Waals surface area (Å²) in [5, 5.41) is 9.53. The van der Waals surface area contributed by atoms with Crippen LogP contribution >= 0.6 is 15.9 Å². The maximum atomic E-state index is 9.53. The van der Waals surface area contributed by atoms with Gasteiger partial charge in [-0.25, -0.2) is 0 Å². The Hall–Kier alpha value is -0.0600. The van der Waals surface area contributed by atoms with Crippen molar-refractivity contribution in [1.82, 2.24) is 0 Å². The molecule has 1 aliphatic heterocycles. The molecule has 0 spiro atoms. The molecule has 0 bridgehead atoms. The largest absolute Gasteiger partial charge is 0.511 e. The highest BCUT2D eigenvalue weighted by Gasteiger charge is 2.15. The second-order valence-electron chi connectivity index (χ2n) is 3.67. The second-order valence-corrected chi connectivity index (χ2v) is 4.62. The number of rotatable bonds is 6. The van der Waals surface area contributed by atoms with Crippen LogP contribution in [0.5, 0.6) is 0 Å². The lowest BCUT2D eigenvalue weighted by molar-refractivity contribution is 0.0164. The molecule has 0 aromatic heterocycles. The number of aliphatic hydroxyl groups is 1. The molecule has 0 radical (unpaired) electrons. The van der Waals surface area contributed by atoms with Crippen molar-refractivity contribution in [3.8, 4) is 0 Å². The van der Waals surface area contributed by atoms with Crippen molar-refractivity contribution in [1.29, 1.82) is 0 Å². The number of hydrogen-bond acceptors (Lipinski definition) is 3. The molecule has 3 nitrogen and oxygen atoms in total. The summed E-state index contributed by atoms with van der Waals surface area (Å²) in [5.41, 5.74) is 0. The molecule has 15 heavy (non-hydrogen) atoms. The van der Waals surface area contributed by atoms with Gasteiger partial charge in [-0.1, -0.05) is 22.9 Å². The Labute approximate surface area is 99.6 Å². The van der Waals surface area contributed by atoms with Crippen LogP contribution in [0, 0.1) is 0 Å². The molecule has 1 saturated heterocycles. The summed E-state index contributed by atoms with van der Waals surface area (Å²) in [6.07, 6.45) is 3.89. The van der Waals surface area contributed by atoms with Crippen LogP contribution in [0.15, 0.2) is 10.2 Å². The summed E-state index contributed by atoms with van der Waals surface area (Å²) in [6.45, 7) is 4.06. The summed E-state index contributed by atoms with van der Waals surface area (Å²) < 4.78 is 11.7. The highest BCUT2D eigenvalue weighted by molar-refractivity contribution is 9.11. The number of halogens is 1. The van der Waals surface area contributed by atoms with E-state index in [4.69, 9.17) is 9.47 Å². The van der Waals surface area contributed by atoms with Gasteiger partial charge in [0, 0.05) is 17.5 Å². The van der Waals surface area contributed by atoms with E-state index in [1.807, 2.05) is 6.92 Å². The first-order chi connectivity index (χ1) is 7.24. The van der Waals surface area contributed by atoms with E-state index in [2.05, 4.69) is 15.9 Å². The minimum atomic E-state index is 0.269. The zero-order valence-electron chi connectivity index (χ0n) is 9.17. The lowest BCUT2D eigenvalue weighted by atomic mass is 10.2. The summed E-state index contributed by atoms with van der Waals surface area (Å²) in [7, 11) is 0. The van der Waals surface area contributed by atoms with E-state index >= 15 is 0 Å². The fourth-order valence-electron chi connectivity index (χ4n) is 1.50. The van der Waals surface area contributed by atoms with Gasteiger partial charge in [0.15, 0.2) is 0 Å². The number of allylic oxidation sites excluding steroid dienone is 1. The zero-order valence-corrected chi connectivity index (χ0v) is 10.8. The Morgan fingerprint density at radius 3 is 3.00 bits per heavy atom. The van der Waals surface area contributed by atoms with Crippen LogP contribution in [0.2, 0.25) is 0 Å². The average Bonchev–Trinajstić information content (AvgIpc) is 2.75. The van der Waals surface area contributed by atoms with Crippen molar-refractivity contribution >= 4 is 15.9 Å². The van der Waals surface area contributed by atoms with Crippen LogP contribution in [0.25, 0.3) is 0 Å². The van der Waals surface area contributed by atoms with Gasteiger partial charge >= 0.3 is 0 Å². The Morgan fingerprint density at radius 1 is 1.60 bits per heavy atom. The highest BCUT2D eigenvalue weighted by Crippen LogP contribution is 2.17. The molecule has 1 heterocycles. The van der Waals surface area contributed by atoms with Crippen molar-refractivity contribution in [2.24, 2.45) is 0 Å². The van der Waals surface area contributed by atoms with Gasteiger partial charge in [0.1, 0.15) is 5.76 Å². The van der Waals surface area contributed by atoms with Gasteiger partial charge in [0.25, 0.3) is 0 Å². The van der Waals surface area contributed by atoms with E-state index in [-0.39, 0.29) is 6.10 Å². The van der Waals surface area contributed by atoms with Gasteiger partial charge in [-0.15, -0.1) is 0 Å². The molecule has 0 saturated carbocycles. The predicted octanol–water partition coefficient (Wildman–Crippen LogP) is 3.15. The Morgan fingerprint density at radius 2 is 2.40 bits per heavy atom. The molecule has 1 N–H and O–H groups in total. The lowest BCUT2D eigenvalue weighted by Crippen LogP contribution is -2.14. The molecule has 0 aliphatic carbocycles. The smallest absolute Gasteiger partial charge is 0.105 e. The van der Waals surface area contributed by atoms with Crippen LogP contribution in [0.3, 0.4) is 0 Å². The quantitative estimate of drug-likeness (QED) is 0.599. The first-order valence-corrected chi connectivity index (χ1v) is 6.29. The molecule has 88 valence electrons. The van der Waals surface area contributed by atoms with E-state index in [9.17, 15) is 5.11 Å². The van der Waals surface area contributed by atoms with Crippen molar-refractivity contribution in [3.05, 3.63) is 10.2 Å². The molecule has 1 fully saturated rings. The van der Waals surface area contributed by atoms with Crippen LogP contribution in [-0.4, -0.2) is 31.0 Å². The lowest BCUT2D eigenvalue weighted by Gasteiger charge is -2.10. The number of hydrogen-bond donors (Lipinski definition) is 1. The van der Waals surface area contributed by atoms with Crippen LogP contribution in [-0.2, 0) is 9.47 Å². The summed E-state index contributed by atoms with van der Waals surface area (Å²) in [6, 6.07) is 0. The van der Waals surface area contributed by atoms with E-state index in [0.29, 0.717) is 25.4 Å². The Bertz CT molecular complexity index is 210. The molecule has 0 aromatic carbocycles. The fraction of sp³-hybridized carbons (Fsp3) is 0.818. The van der Waals surface area contributed by atoms with Crippen molar-refractivity contribution in [2.75, 3.05) is 19.8 Å². The number of aliphatic hydroxyl groups excluding tert-OH is 1. The topological polar surface area (TPSA) is 38.7 Å². The maximum absolute atomic E-state index is 9.53. The SMILES string of the molecule is CC/C(Br)=C(/O)CCOCC1CCCO1. The van der Waals surface area contributed by atoms with Crippen molar-refractivity contribution < 1.29 is 14.6 Å². The monoisotopic (exact) mass is 278 g/mol. The zero-order chi connectivity index (χ0) is 11.1. The molecular weight excluding hydrogens is 260 g/mol. The third-order valence-electron chi connectivity index (χ3n) is 2.43. The van der Waals surface area contributed by atoms with E-state index in [0.717, 1.165) is 30.4 Å². The van der Waals surface area contributed by atoms with Crippen molar-refractivity contribution in [2.45, 2.75) is 38.7 Å². The molecule has 0 aromatic rings. The van der Waals surface area contributed by atoms with E-state index in [1.54, 1.807) is 0 Å². The third-order valence-corrected chi connectivity index (χ3v) is 3.45. The van der Waals surface area contributed by atoms with Gasteiger partial charge in [-0.2, -0.15) is 0 Å². The van der Waals surface area contributed by atoms with Gasteiger partial charge in [-0.3, -0.25) is 0 Å². The van der Waals surface area contributed by atoms with Crippen molar-refractivity contribution in [3.63, 3.8) is 0 Å². The molecule has 1 aliphatic rings. The maximum Gasteiger partial charge on any atom is 0.105 e. The van der Waals surface area contributed by atoms with Crippen LogP contribution in [0.4, 0.5) is 0 Å². The highest BCUT2D eigenvalue weighted by atomic mass is 79.9. The molecule has 0 amide bonds. The van der Waals surface area contributed by atoms with Crippen LogP contribution in [0.1, 0.15) is 32.6 Å². The van der Waals surface area contributed by atoms with E-state index in [1.165, 1.54) is 0 Å². The van der Waals surface area contributed by atoms with Gasteiger partial charge in [-0.05, 0) is 19.3 Å². The molecule has 1 unspecified atom stereocenters. The standard InChI is InChI=1S/C11H19BrO3/c1-2-10(12)11(13)5-7-14-8-9-4-3-6-15-9/h9,13H,2-8H2,1H3/b11-10-. The molecule has 1 rings (SSSR count). The molecule has 1 atom stereocenters. The minimum absolute atomic E-state index is 0.269. The second kappa shape index (κ2) is 7.25. The van der Waals surface area contributed by atoms with Crippen LogP contribution < -0.4 is 0 Å². The summed E-state index contributed by atoms with van der Waals surface area (Å²) in [5.74, 6) is 0.393. The van der Waals surface area contributed by atoms with Gasteiger partial charge in [0.2, 0.25) is 0 Å². The molecule has 4 heteroatoms. The first kappa shape index (κ1) is 13.0. The van der Waals surface area contributed by atoms with Gasteiger partial charge in [0.05, 0.1) is 19.3 Å². The number of ether oxygens (including phenoxy) is 2. The average molecular weight is 279 g/mol. The Kier molecular flexibility index (Phi) is 6.29. The third kappa shape index (κ3) is 5.00. The predicted molar refractivity (Wildman–Crippen MR) is 63.3 cm³/mol. The normalized spacial score (nSPS) is 22.9. The molecular formula is C11H19BrO3. The first-order valence-electron chi connectivity index (χ1n) is 5.50. The fourth-order valence-corrected chi connectivity index (χ4v) is 1.70. The minimum Gasteiger partial charge on any atom is -0.511 e. The summed E-state index contributed by atoms with van der Waals surface area (Å²) in [4.78, 5) is 0.